The maximum absolute atomic E-state index is 11.1. The van der Waals surface area contributed by atoms with Crippen molar-refractivity contribution in [2.75, 3.05) is 5.32 Å². The summed E-state index contributed by atoms with van der Waals surface area (Å²) >= 11 is 0. The first-order chi connectivity index (χ1) is 13.2. The maximum atomic E-state index is 11.1. The minimum Gasteiger partial charge on any atom is -0.381 e. The van der Waals surface area contributed by atoms with Gasteiger partial charge in [-0.1, -0.05) is 30.3 Å². The standard InChI is InChI=1S/C20H15N5O2/c26-25(27)19-4-2-1-3-15(19)13-23-16-7-5-14(6-8-16)17-9-10-18-20(24-17)22-12-11-21-18/h1-12,23H,13H2. The minimum atomic E-state index is -0.367. The van der Waals surface area contributed by atoms with Crippen LogP contribution in [0.2, 0.25) is 0 Å². The van der Waals surface area contributed by atoms with Crippen molar-refractivity contribution < 1.29 is 4.92 Å². The van der Waals surface area contributed by atoms with Crippen molar-refractivity contribution in [3.05, 3.63) is 88.7 Å². The summed E-state index contributed by atoms with van der Waals surface area (Å²) in [7, 11) is 0. The molecule has 27 heavy (non-hydrogen) atoms. The summed E-state index contributed by atoms with van der Waals surface area (Å²) in [6.45, 7) is 0.375. The van der Waals surface area contributed by atoms with Gasteiger partial charge >= 0.3 is 0 Å². The Morgan fingerprint density at radius 2 is 1.70 bits per heavy atom. The number of nitrogens with one attached hydrogen (secondary N) is 1. The molecule has 0 radical (unpaired) electrons. The summed E-state index contributed by atoms with van der Waals surface area (Å²) in [5.74, 6) is 0. The summed E-state index contributed by atoms with van der Waals surface area (Å²) in [6.07, 6.45) is 3.26. The largest absolute Gasteiger partial charge is 0.381 e. The molecule has 0 aliphatic heterocycles. The van der Waals surface area contributed by atoms with Gasteiger partial charge in [0.05, 0.1) is 10.6 Å². The van der Waals surface area contributed by atoms with E-state index in [1.165, 1.54) is 6.07 Å². The molecule has 0 saturated carbocycles. The number of rotatable bonds is 5. The zero-order valence-corrected chi connectivity index (χ0v) is 14.2. The van der Waals surface area contributed by atoms with Crippen molar-refractivity contribution in [2.45, 2.75) is 6.54 Å². The Morgan fingerprint density at radius 3 is 2.52 bits per heavy atom. The highest BCUT2D eigenvalue weighted by Gasteiger charge is 2.11. The molecule has 7 heteroatoms. The highest BCUT2D eigenvalue weighted by atomic mass is 16.6. The SMILES string of the molecule is O=[N+]([O-])c1ccccc1CNc1ccc(-c2ccc3nccnc3n2)cc1. The topological polar surface area (TPSA) is 93.8 Å². The van der Waals surface area contributed by atoms with Gasteiger partial charge in [-0.2, -0.15) is 0 Å². The molecule has 0 bridgehead atoms. The Hall–Kier alpha value is -3.87. The molecule has 2 aromatic carbocycles. The number of benzene rings is 2. The number of para-hydroxylation sites is 1. The molecule has 0 unspecified atom stereocenters. The fourth-order valence-electron chi connectivity index (χ4n) is 2.81. The van der Waals surface area contributed by atoms with E-state index in [0.717, 1.165) is 22.5 Å². The van der Waals surface area contributed by atoms with Gasteiger partial charge in [0.1, 0.15) is 5.52 Å². The monoisotopic (exact) mass is 357 g/mol. The Balaban J connectivity index is 1.51. The Kier molecular flexibility index (Phi) is 4.40. The number of nitro groups is 1. The summed E-state index contributed by atoms with van der Waals surface area (Å²) < 4.78 is 0. The fraction of sp³-hybridized carbons (Fsp3) is 0.0500. The molecule has 0 fully saturated rings. The zero-order chi connectivity index (χ0) is 18.6. The van der Waals surface area contributed by atoms with Crippen LogP contribution >= 0.6 is 0 Å². The molecule has 4 aromatic rings. The highest BCUT2D eigenvalue weighted by Crippen LogP contribution is 2.23. The molecule has 0 amide bonds. The fourth-order valence-corrected chi connectivity index (χ4v) is 2.81. The second-order valence-corrected chi connectivity index (χ2v) is 5.91. The van der Waals surface area contributed by atoms with Crippen molar-refractivity contribution in [3.63, 3.8) is 0 Å². The average Bonchev–Trinajstić information content (AvgIpc) is 2.72. The van der Waals surface area contributed by atoms with Gasteiger partial charge in [-0.15, -0.1) is 0 Å². The van der Waals surface area contributed by atoms with Crippen LogP contribution in [0.5, 0.6) is 0 Å². The first-order valence-corrected chi connectivity index (χ1v) is 8.35. The number of nitrogens with zero attached hydrogens (tertiary/aromatic N) is 4. The van der Waals surface area contributed by atoms with E-state index in [9.17, 15) is 10.1 Å². The van der Waals surface area contributed by atoms with Crippen LogP contribution in [0, 0.1) is 10.1 Å². The Morgan fingerprint density at radius 1 is 0.926 bits per heavy atom. The predicted octanol–water partition coefficient (Wildman–Crippen LogP) is 4.21. The van der Waals surface area contributed by atoms with E-state index in [1.807, 2.05) is 36.4 Å². The lowest BCUT2D eigenvalue weighted by atomic mass is 10.1. The third kappa shape index (κ3) is 3.57. The Labute approximate surface area is 154 Å². The quantitative estimate of drug-likeness (QED) is 0.425. The van der Waals surface area contributed by atoms with E-state index in [4.69, 9.17) is 0 Å². The lowest BCUT2D eigenvalue weighted by Crippen LogP contribution is -2.02. The number of anilines is 1. The lowest BCUT2D eigenvalue weighted by Gasteiger charge is -2.08. The van der Waals surface area contributed by atoms with Crippen molar-refractivity contribution in [1.82, 2.24) is 15.0 Å². The van der Waals surface area contributed by atoms with E-state index < -0.39 is 0 Å². The molecular formula is C20H15N5O2. The van der Waals surface area contributed by atoms with Gasteiger partial charge < -0.3 is 5.32 Å². The number of pyridine rings is 1. The molecule has 132 valence electrons. The molecule has 2 aromatic heterocycles. The molecule has 0 atom stereocenters. The second kappa shape index (κ2) is 7.17. The first-order valence-electron chi connectivity index (χ1n) is 8.35. The van der Waals surface area contributed by atoms with Gasteiger partial charge in [-0.05, 0) is 24.3 Å². The van der Waals surface area contributed by atoms with Crippen molar-refractivity contribution in [1.29, 1.82) is 0 Å². The normalized spacial score (nSPS) is 10.7. The maximum Gasteiger partial charge on any atom is 0.274 e. The molecule has 1 N–H and O–H groups in total. The molecular weight excluding hydrogens is 342 g/mol. The molecule has 2 heterocycles. The molecule has 0 aliphatic carbocycles. The summed E-state index contributed by atoms with van der Waals surface area (Å²) in [5, 5.41) is 14.3. The van der Waals surface area contributed by atoms with Gasteiger partial charge in [-0.3, -0.25) is 15.1 Å². The van der Waals surface area contributed by atoms with Crippen LogP contribution in [0.1, 0.15) is 5.56 Å². The lowest BCUT2D eigenvalue weighted by molar-refractivity contribution is -0.385. The van der Waals surface area contributed by atoms with Gasteiger partial charge in [0.15, 0.2) is 5.65 Å². The number of hydrogen-bond donors (Lipinski definition) is 1. The Bertz CT molecular complexity index is 1110. The predicted molar refractivity (Wildman–Crippen MR) is 103 cm³/mol. The third-order valence-electron chi connectivity index (χ3n) is 4.18. The highest BCUT2D eigenvalue weighted by molar-refractivity contribution is 5.74. The molecule has 0 saturated heterocycles. The van der Waals surface area contributed by atoms with Crippen LogP contribution in [0.25, 0.3) is 22.4 Å². The van der Waals surface area contributed by atoms with Gasteiger partial charge in [0.2, 0.25) is 0 Å². The first kappa shape index (κ1) is 16.6. The molecule has 7 nitrogen and oxygen atoms in total. The van der Waals surface area contributed by atoms with Gasteiger partial charge in [0, 0.05) is 41.8 Å². The van der Waals surface area contributed by atoms with Crippen LogP contribution in [0.15, 0.2) is 73.1 Å². The van der Waals surface area contributed by atoms with Crippen molar-refractivity contribution in [3.8, 4) is 11.3 Å². The van der Waals surface area contributed by atoms with Crippen LogP contribution in [0.4, 0.5) is 11.4 Å². The van der Waals surface area contributed by atoms with E-state index in [2.05, 4.69) is 20.3 Å². The second-order valence-electron chi connectivity index (χ2n) is 5.91. The molecule has 0 aliphatic rings. The average molecular weight is 357 g/mol. The van der Waals surface area contributed by atoms with Crippen molar-refractivity contribution in [2.24, 2.45) is 0 Å². The van der Waals surface area contributed by atoms with Crippen LogP contribution in [-0.2, 0) is 6.54 Å². The van der Waals surface area contributed by atoms with Crippen LogP contribution < -0.4 is 5.32 Å². The smallest absolute Gasteiger partial charge is 0.274 e. The molecule has 0 spiro atoms. The number of aromatic nitrogens is 3. The number of hydrogen-bond acceptors (Lipinski definition) is 6. The van der Waals surface area contributed by atoms with E-state index in [0.29, 0.717) is 17.8 Å². The third-order valence-corrected chi connectivity index (χ3v) is 4.18. The van der Waals surface area contributed by atoms with E-state index in [1.54, 1.807) is 30.6 Å². The minimum absolute atomic E-state index is 0.114. The number of fused-ring (bicyclic) bond motifs is 1. The van der Waals surface area contributed by atoms with Crippen molar-refractivity contribution >= 4 is 22.5 Å². The summed E-state index contributed by atoms with van der Waals surface area (Å²) in [5.41, 5.74) is 4.76. The van der Waals surface area contributed by atoms with E-state index >= 15 is 0 Å². The number of nitro benzene ring substituents is 1. The van der Waals surface area contributed by atoms with Gasteiger partial charge in [0.25, 0.3) is 5.69 Å². The van der Waals surface area contributed by atoms with Crippen LogP contribution in [0.3, 0.4) is 0 Å². The summed E-state index contributed by atoms with van der Waals surface area (Å²) in [6, 6.07) is 18.3. The van der Waals surface area contributed by atoms with Gasteiger partial charge in [-0.25, -0.2) is 9.97 Å². The molecule has 4 rings (SSSR count). The van der Waals surface area contributed by atoms with E-state index in [-0.39, 0.29) is 10.6 Å². The zero-order valence-electron chi connectivity index (χ0n) is 14.2. The van der Waals surface area contributed by atoms with Crippen LogP contribution in [-0.4, -0.2) is 19.9 Å². The summed E-state index contributed by atoms with van der Waals surface area (Å²) in [4.78, 5) is 23.7.